The summed E-state index contributed by atoms with van der Waals surface area (Å²) in [6.07, 6.45) is 1.33. The topological polar surface area (TPSA) is 18.5 Å². The Kier molecular flexibility index (Phi) is 4.57. The summed E-state index contributed by atoms with van der Waals surface area (Å²) >= 11 is 3.63. The average molecular weight is 327 g/mol. The summed E-state index contributed by atoms with van der Waals surface area (Å²) in [7, 11) is 0. The van der Waals surface area contributed by atoms with Crippen molar-refractivity contribution < 1.29 is 9.47 Å². The van der Waals surface area contributed by atoms with Crippen molar-refractivity contribution in [2.24, 2.45) is 0 Å². The quantitative estimate of drug-likeness (QED) is 0.768. The molecule has 0 radical (unpaired) electrons. The summed E-state index contributed by atoms with van der Waals surface area (Å²) in [5, 5.41) is 0. The molecule has 3 unspecified atom stereocenters. The lowest BCUT2D eigenvalue weighted by atomic mass is 9.86. The van der Waals surface area contributed by atoms with Gasteiger partial charge in [0, 0.05) is 17.9 Å². The van der Waals surface area contributed by atoms with Gasteiger partial charge < -0.3 is 9.47 Å². The molecule has 1 aromatic carbocycles. The minimum Gasteiger partial charge on any atom is -0.487 e. The zero-order valence-corrected chi connectivity index (χ0v) is 13.7. The van der Waals surface area contributed by atoms with E-state index < -0.39 is 0 Å². The Balaban J connectivity index is 2.12. The van der Waals surface area contributed by atoms with Crippen LogP contribution in [-0.2, 0) is 10.2 Å². The lowest BCUT2D eigenvalue weighted by Crippen LogP contribution is -2.52. The van der Waals surface area contributed by atoms with Crippen molar-refractivity contribution in [3.8, 4) is 5.75 Å². The van der Waals surface area contributed by atoms with Gasteiger partial charge in [-0.2, -0.15) is 0 Å². The molecule has 0 spiro atoms. The van der Waals surface area contributed by atoms with Crippen LogP contribution in [0.1, 0.15) is 39.7 Å². The summed E-state index contributed by atoms with van der Waals surface area (Å²) in [5.74, 6) is 0.990. The Labute approximate surface area is 124 Å². The molecule has 0 bridgehead atoms. The van der Waals surface area contributed by atoms with E-state index >= 15 is 0 Å². The second kappa shape index (κ2) is 5.84. The SMILES string of the molecule is CCOC1C(Br)CC1Oc1ccccc1C(C)(C)C. The van der Waals surface area contributed by atoms with E-state index in [1.165, 1.54) is 5.56 Å². The van der Waals surface area contributed by atoms with E-state index in [4.69, 9.17) is 9.47 Å². The highest BCUT2D eigenvalue weighted by molar-refractivity contribution is 9.09. The van der Waals surface area contributed by atoms with Crippen LogP contribution >= 0.6 is 15.9 Å². The lowest BCUT2D eigenvalue weighted by Gasteiger charge is -2.41. The molecular weight excluding hydrogens is 304 g/mol. The Morgan fingerprint density at radius 3 is 2.53 bits per heavy atom. The van der Waals surface area contributed by atoms with Crippen LogP contribution in [0.3, 0.4) is 0 Å². The Morgan fingerprint density at radius 1 is 1.26 bits per heavy atom. The van der Waals surface area contributed by atoms with Crippen molar-refractivity contribution >= 4 is 15.9 Å². The first-order valence-corrected chi connectivity index (χ1v) is 7.87. The predicted molar refractivity (Wildman–Crippen MR) is 82.3 cm³/mol. The van der Waals surface area contributed by atoms with Crippen molar-refractivity contribution in [2.75, 3.05) is 6.61 Å². The van der Waals surface area contributed by atoms with E-state index in [2.05, 4.69) is 54.9 Å². The van der Waals surface area contributed by atoms with Crippen LogP contribution in [0.15, 0.2) is 24.3 Å². The molecule has 0 aromatic heterocycles. The molecule has 0 N–H and O–H groups in total. The fraction of sp³-hybridized carbons (Fsp3) is 0.625. The van der Waals surface area contributed by atoms with E-state index in [-0.39, 0.29) is 17.6 Å². The third-order valence-corrected chi connectivity index (χ3v) is 4.41. The van der Waals surface area contributed by atoms with E-state index in [0.717, 1.165) is 18.8 Å². The molecule has 0 amide bonds. The fourth-order valence-electron chi connectivity index (χ4n) is 2.40. The third kappa shape index (κ3) is 3.32. The fourth-order valence-corrected chi connectivity index (χ4v) is 3.26. The number of halogens is 1. The summed E-state index contributed by atoms with van der Waals surface area (Å²) in [4.78, 5) is 0.416. The molecule has 3 heteroatoms. The van der Waals surface area contributed by atoms with Crippen molar-refractivity contribution in [1.82, 2.24) is 0 Å². The Hall–Kier alpha value is -0.540. The predicted octanol–water partition coefficient (Wildman–Crippen LogP) is 4.30. The van der Waals surface area contributed by atoms with E-state index in [9.17, 15) is 0 Å². The Bertz CT molecular complexity index is 425. The maximum Gasteiger partial charge on any atom is 0.127 e. The average Bonchev–Trinajstić information content (AvgIpc) is 2.35. The standard InChI is InChI=1S/C16H23BrO2/c1-5-18-15-12(17)10-14(15)19-13-9-7-6-8-11(13)16(2,3)4/h6-9,12,14-15H,5,10H2,1-4H3. The van der Waals surface area contributed by atoms with Crippen LogP contribution < -0.4 is 4.74 Å². The van der Waals surface area contributed by atoms with E-state index in [1.54, 1.807) is 0 Å². The maximum absolute atomic E-state index is 6.19. The van der Waals surface area contributed by atoms with Crippen LogP contribution in [-0.4, -0.2) is 23.6 Å². The first kappa shape index (κ1) is 14.9. The molecule has 19 heavy (non-hydrogen) atoms. The third-order valence-electron chi connectivity index (χ3n) is 3.51. The minimum atomic E-state index is 0.0925. The smallest absolute Gasteiger partial charge is 0.127 e. The van der Waals surface area contributed by atoms with Gasteiger partial charge >= 0.3 is 0 Å². The molecule has 1 aromatic rings. The van der Waals surface area contributed by atoms with Gasteiger partial charge in [0.25, 0.3) is 0 Å². The summed E-state index contributed by atoms with van der Waals surface area (Å²) in [6, 6.07) is 8.31. The number of hydrogen-bond acceptors (Lipinski definition) is 2. The molecule has 1 saturated carbocycles. The monoisotopic (exact) mass is 326 g/mol. The highest BCUT2D eigenvalue weighted by Gasteiger charge is 2.42. The molecule has 2 rings (SSSR count). The van der Waals surface area contributed by atoms with Crippen molar-refractivity contribution in [2.45, 2.75) is 56.6 Å². The van der Waals surface area contributed by atoms with Crippen molar-refractivity contribution in [3.63, 3.8) is 0 Å². The number of ether oxygens (including phenoxy) is 2. The van der Waals surface area contributed by atoms with Gasteiger partial charge in [-0.25, -0.2) is 0 Å². The highest BCUT2D eigenvalue weighted by Crippen LogP contribution is 2.37. The maximum atomic E-state index is 6.19. The molecule has 2 nitrogen and oxygen atoms in total. The number of rotatable bonds is 4. The molecule has 1 aliphatic carbocycles. The van der Waals surface area contributed by atoms with Gasteiger partial charge in [-0.15, -0.1) is 0 Å². The number of benzene rings is 1. The number of alkyl halides is 1. The second-order valence-electron chi connectivity index (χ2n) is 6.07. The van der Waals surface area contributed by atoms with Crippen LogP contribution in [0.2, 0.25) is 0 Å². The Morgan fingerprint density at radius 2 is 1.95 bits per heavy atom. The minimum absolute atomic E-state index is 0.0925. The first-order valence-electron chi connectivity index (χ1n) is 6.95. The molecule has 1 aliphatic rings. The van der Waals surface area contributed by atoms with E-state index in [0.29, 0.717) is 4.83 Å². The molecule has 0 heterocycles. The zero-order valence-electron chi connectivity index (χ0n) is 12.2. The lowest BCUT2D eigenvalue weighted by molar-refractivity contribution is -0.0728. The molecule has 0 aliphatic heterocycles. The van der Waals surface area contributed by atoms with Gasteiger partial charge in [0.2, 0.25) is 0 Å². The highest BCUT2D eigenvalue weighted by atomic mass is 79.9. The summed E-state index contributed by atoms with van der Waals surface area (Å²) in [6.45, 7) is 9.39. The number of hydrogen-bond donors (Lipinski definition) is 0. The number of para-hydroxylation sites is 1. The van der Waals surface area contributed by atoms with Crippen LogP contribution in [0.5, 0.6) is 5.75 Å². The van der Waals surface area contributed by atoms with Gasteiger partial charge in [-0.05, 0) is 24.0 Å². The zero-order chi connectivity index (χ0) is 14.0. The van der Waals surface area contributed by atoms with Gasteiger partial charge in [-0.3, -0.25) is 0 Å². The van der Waals surface area contributed by atoms with Crippen molar-refractivity contribution in [3.05, 3.63) is 29.8 Å². The second-order valence-corrected chi connectivity index (χ2v) is 7.25. The molecular formula is C16H23BrO2. The summed E-state index contributed by atoms with van der Waals surface area (Å²) < 4.78 is 11.9. The summed E-state index contributed by atoms with van der Waals surface area (Å²) in [5.41, 5.74) is 1.35. The van der Waals surface area contributed by atoms with Crippen LogP contribution in [0.25, 0.3) is 0 Å². The molecule has 0 saturated heterocycles. The molecule has 106 valence electrons. The normalized spacial score (nSPS) is 26.9. The van der Waals surface area contributed by atoms with Crippen molar-refractivity contribution in [1.29, 1.82) is 0 Å². The van der Waals surface area contributed by atoms with Gasteiger partial charge in [0.05, 0.1) is 0 Å². The van der Waals surface area contributed by atoms with Gasteiger partial charge in [0.15, 0.2) is 0 Å². The van der Waals surface area contributed by atoms with Gasteiger partial charge in [-0.1, -0.05) is 54.9 Å². The molecule has 1 fully saturated rings. The van der Waals surface area contributed by atoms with Crippen LogP contribution in [0.4, 0.5) is 0 Å². The van der Waals surface area contributed by atoms with E-state index in [1.807, 2.05) is 13.0 Å². The largest absolute Gasteiger partial charge is 0.487 e. The first-order chi connectivity index (χ1) is 8.93. The van der Waals surface area contributed by atoms with Gasteiger partial charge in [0.1, 0.15) is 18.0 Å². The van der Waals surface area contributed by atoms with Crippen LogP contribution in [0, 0.1) is 0 Å². The molecule has 3 atom stereocenters.